The number of ether oxygens (including phenoxy) is 2. The second kappa shape index (κ2) is 11.2. The smallest absolute Gasteiger partial charge is 0.265 e. The molecule has 0 amide bonds. The Morgan fingerprint density at radius 1 is 1.06 bits per heavy atom. The fraction of sp³-hybridized carbons (Fsp3) is 0.346. The van der Waals surface area contributed by atoms with Crippen molar-refractivity contribution in [2.24, 2.45) is 0 Å². The summed E-state index contributed by atoms with van der Waals surface area (Å²) in [6, 6.07) is 9.75. The van der Waals surface area contributed by atoms with Gasteiger partial charge in [0.1, 0.15) is 23.8 Å². The van der Waals surface area contributed by atoms with Crippen LogP contribution in [0.4, 0.5) is 15.8 Å². The van der Waals surface area contributed by atoms with Gasteiger partial charge in [-0.25, -0.2) is 9.37 Å². The van der Waals surface area contributed by atoms with E-state index in [1.165, 1.54) is 15.3 Å². The Labute approximate surface area is 209 Å². The van der Waals surface area contributed by atoms with Gasteiger partial charge < -0.3 is 19.7 Å². The third kappa shape index (κ3) is 5.49. The minimum Gasteiger partial charge on any atom is -0.497 e. The normalized spacial score (nSPS) is 11.3. The number of nitrogens with zero attached hydrogens (tertiary/aromatic N) is 5. The van der Waals surface area contributed by atoms with Crippen LogP contribution in [0, 0.1) is 0 Å². The quantitative estimate of drug-likeness (QED) is 0.340. The molecule has 0 spiro atoms. The molecule has 4 rings (SSSR count). The Morgan fingerprint density at radius 3 is 2.47 bits per heavy atom. The van der Waals surface area contributed by atoms with Crippen molar-refractivity contribution in [2.75, 3.05) is 38.9 Å². The Balaban J connectivity index is 1.79. The van der Waals surface area contributed by atoms with Crippen LogP contribution in [-0.4, -0.2) is 59.2 Å². The van der Waals surface area contributed by atoms with Crippen molar-refractivity contribution >= 4 is 17.0 Å². The molecule has 0 aliphatic rings. The first-order valence-corrected chi connectivity index (χ1v) is 11.8. The molecule has 0 saturated heterocycles. The van der Waals surface area contributed by atoms with Gasteiger partial charge in [0.15, 0.2) is 0 Å². The van der Waals surface area contributed by atoms with Gasteiger partial charge in [-0.2, -0.15) is 5.10 Å². The van der Waals surface area contributed by atoms with Crippen LogP contribution in [0.3, 0.4) is 0 Å². The van der Waals surface area contributed by atoms with Gasteiger partial charge in [-0.3, -0.25) is 13.9 Å². The molecule has 36 heavy (non-hydrogen) atoms. The van der Waals surface area contributed by atoms with E-state index in [0.29, 0.717) is 40.9 Å². The van der Waals surface area contributed by atoms with E-state index in [4.69, 9.17) is 9.47 Å². The van der Waals surface area contributed by atoms with E-state index in [9.17, 15) is 9.18 Å². The lowest BCUT2D eigenvalue weighted by Crippen LogP contribution is -2.33. The Kier molecular flexibility index (Phi) is 7.84. The Bertz CT molecular complexity index is 1360. The van der Waals surface area contributed by atoms with E-state index in [1.807, 2.05) is 30.3 Å². The fourth-order valence-electron chi connectivity index (χ4n) is 3.95. The molecule has 0 saturated carbocycles. The van der Waals surface area contributed by atoms with E-state index in [-0.39, 0.29) is 12.1 Å². The van der Waals surface area contributed by atoms with Crippen LogP contribution in [0.5, 0.6) is 11.5 Å². The third-order valence-electron chi connectivity index (χ3n) is 5.79. The van der Waals surface area contributed by atoms with Crippen molar-refractivity contribution in [1.29, 1.82) is 0 Å². The number of halogens is 1. The van der Waals surface area contributed by atoms with E-state index >= 15 is 0 Å². The van der Waals surface area contributed by atoms with Crippen molar-refractivity contribution in [2.45, 2.75) is 26.4 Å². The molecule has 9 nitrogen and oxygen atoms in total. The second-order valence-corrected chi connectivity index (χ2v) is 8.60. The predicted molar refractivity (Wildman–Crippen MR) is 138 cm³/mol. The van der Waals surface area contributed by atoms with Gasteiger partial charge in [-0.15, -0.1) is 0 Å². The van der Waals surface area contributed by atoms with Crippen molar-refractivity contribution in [3.63, 3.8) is 0 Å². The summed E-state index contributed by atoms with van der Waals surface area (Å²) in [5, 5.41) is 7.57. The summed E-state index contributed by atoms with van der Waals surface area (Å²) in [7, 11) is 3.23. The second-order valence-electron chi connectivity index (χ2n) is 8.60. The highest BCUT2D eigenvalue weighted by Gasteiger charge is 2.16. The Morgan fingerprint density at radius 2 is 1.81 bits per heavy atom. The molecule has 0 aliphatic carbocycles. The zero-order valence-electron chi connectivity index (χ0n) is 20.9. The number of pyridine rings is 1. The molecule has 0 fully saturated rings. The number of fused-ring (bicyclic) bond motifs is 1. The maximum Gasteiger partial charge on any atom is 0.265 e. The molecule has 3 heterocycles. The number of alkyl halides is 1. The van der Waals surface area contributed by atoms with Gasteiger partial charge in [0.25, 0.3) is 5.56 Å². The highest BCUT2D eigenvalue weighted by molar-refractivity contribution is 5.68. The molecule has 1 N–H and O–H groups in total. The Hall–Kier alpha value is -3.92. The van der Waals surface area contributed by atoms with Crippen LogP contribution in [0.25, 0.3) is 16.8 Å². The number of benzene rings is 1. The highest BCUT2D eigenvalue weighted by Crippen LogP contribution is 2.32. The lowest BCUT2D eigenvalue weighted by molar-refractivity contribution is 0.394. The molecule has 190 valence electrons. The van der Waals surface area contributed by atoms with E-state index in [2.05, 4.69) is 34.1 Å². The SMILES string of the molecule is COc1cc(OC)cc(N(CCNC(C)C)c2ccc3ncc(-c4cnn(CCF)c4)c(=O)n3c2)c1. The lowest BCUT2D eigenvalue weighted by atomic mass is 10.2. The van der Waals surface area contributed by atoms with Gasteiger partial charge in [0, 0.05) is 67.2 Å². The van der Waals surface area contributed by atoms with Gasteiger partial charge in [-0.05, 0) is 12.1 Å². The third-order valence-corrected chi connectivity index (χ3v) is 5.79. The number of methoxy groups -OCH3 is 2. The molecule has 0 radical (unpaired) electrons. The highest BCUT2D eigenvalue weighted by atomic mass is 19.1. The van der Waals surface area contributed by atoms with Crippen molar-refractivity contribution in [3.8, 4) is 22.6 Å². The largest absolute Gasteiger partial charge is 0.497 e. The minimum absolute atomic E-state index is 0.135. The molecular weight excluding hydrogens is 463 g/mol. The summed E-state index contributed by atoms with van der Waals surface area (Å²) < 4.78 is 26.7. The van der Waals surface area contributed by atoms with Gasteiger partial charge >= 0.3 is 0 Å². The standard InChI is InChI=1S/C26H31FN6O3/c1-18(2)28-8-10-32(21-11-22(35-3)13-23(12-21)36-4)20-5-6-25-29-15-24(26(34)33(25)17-20)19-14-30-31(16-19)9-7-27/h5-6,11-18,28H,7-10H2,1-4H3. The predicted octanol–water partition coefficient (Wildman–Crippen LogP) is 3.68. The molecular formula is C26H31FN6O3. The monoisotopic (exact) mass is 494 g/mol. The van der Waals surface area contributed by atoms with E-state index in [0.717, 1.165) is 17.9 Å². The van der Waals surface area contributed by atoms with Crippen molar-refractivity contribution in [1.82, 2.24) is 24.5 Å². The molecule has 0 bridgehead atoms. The van der Waals surface area contributed by atoms with Crippen LogP contribution in [0.15, 0.2) is 59.9 Å². The lowest BCUT2D eigenvalue weighted by Gasteiger charge is -2.27. The summed E-state index contributed by atoms with van der Waals surface area (Å²) in [6.07, 6.45) is 6.52. The number of nitrogens with one attached hydrogen (secondary N) is 1. The number of anilines is 2. The summed E-state index contributed by atoms with van der Waals surface area (Å²) in [6.45, 7) is 5.15. The van der Waals surface area contributed by atoms with Crippen molar-refractivity contribution < 1.29 is 13.9 Å². The first-order chi connectivity index (χ1) is 17.4. The van der Waals surface area contributed by atoms with E-state index in [1.54, 1.807) is 32.8 Å². The molecule has 3 aromatic heterocycles. The topological polar surface area (TPSA) is 85.9 Å². The van der Waals surface area contributed by atoms with Crippen LogP contribution < -0.4 is 25.2 Å². The number of aromatic nitrogens is 4. The molecule has 0 aliphatic heterocycles. The van der Waals surface area contributed by atoms with Gasteiger partial charge in [0.05, 0.1) is 38.2 Å². The first kappa shape index (κ1) is 25.2. The van der Waals surface area contributed by atoms with Crippen LogP contribution in [0.2, 0.25) is 0 Å². The molecule has 4 aromatic rings. The molecule has 10 heteroatoms. The average Bonchev–Trinajstić information content (AvgIpc) is 3.34. The zero-order chi connectivity index (χ0) is 25.7. The summed E-state index contributed by atoms with van der Waals surface area (Å²) in [5.74, 6) is 1.33. The number of hydrogen-bond acceptors (Lipinski definition) is 7. The fourth-order valence-corrected chi connectivity index (χ4v) is 3.95. The number of rotatable bonds is 11. The minimum atomic E-state index is -0.532. The summed E-state index contributed by atoms with van der Waals surface area (Å²) in [5.41, 5.74) is 2.94. The van der Waals surface area contributed by atoms with Crippen LogP contribution in [0.1, 0.15) is 13.8 Å². The number of aryl methyl sites for hydroxylation is 1. The average molecular weight is 495 g/mol. The first-order valence-electron chi connectivity index (χ1n) is 11.8. The molecule has 0 unspecified atom stereocenters. The van der Waals surface area contributed by atoms with Crippen LogP contribution in [-0.2, 0) is 6.54 Å². The van der Waals surface area contributed by atoms with Crippen molar-refractivity contribution in [3.05, 3.63) is 65.5 Å². The van der Waals surface area contributed by atoms with Gasteiger partial charge in [-0.1, -0.05) is 13.8 Å². The number of hydrogen-bond donors (Lipinski definition) is 1. The maximum absolute atomic E-state index is 13.5. The molecule has 0 atom stereocenters. The maximum atomic E-state index is 13.5. The summed E-state index contributed by atoms with van der Waals surface area (Å²) in [4.78, 5) is 20.0. The molecule has 1 aromatic carbocycles. The summed E-state index contributed by atoms with van der Waals surface area (Å²) >= 11 is 0. The van der Waals surface area contributed by atoms with E-state index < -0.39 is 6.67 Å². The van der Waals surface area contributed by atoms with Crippen LogP contribution >= 0.6 is 0 Å². The zero-order valence-corrected chi connectivity index (χ0v) is 20.9. The van der Waals surface area contributed by atoms with Gasteiger partial charge in [0.2, 0.25) is 0 Å².